The summed E-state index contributed by atoms with van der Waals surface area (Å²) in [6, 6.07) is 0. The van der Waals surface area contributed by atoms with Gasteiger partial charge in [0, 0.05) is 13.2 Å². The number of aromatic nitrogens is 4. The Balaban J connectivity index is 2.21. The summed E-state index contributed by atoms with van der Waals surface area (Å²) in [7, 11) is 0. The van der Waals surface area contributed by atoms with Gasteiger partial charge < -0.3 is 10.4 Å². The Bertz CT molecular complexity index is 605. The molecule has 0 atom stereocenters. The first-order valence-corrected chi connectivity index (χ1v) is 7.03. The van der Waals surface area contributed by atoms with Crippen LogP contribution in [0.15, 0.2) is 0 Å². The van der Waals surface area contributed by atoms with Gasteiger partial charge >= 0.3 is 0 Å². The molecule has 0 aliphatic carbocycles. The minimum absolute atomic E-state index is 0.160. The van der Waals surface area contributed by atoms with E-state index in [9.17, 15) is 0 Å². The molecule has 6 nitrogen and oxygen atoms in total. The minimum atomic E-state index is 0.160. The maximum absolute atomic E-state index is 8.74. The summed E-state index contributed by atoms with van der Waals surface area (Å²) in [5.74, 6) is 0.611. The molecule has 108 valence electrons. The molecule has 0 unspecified atom stereocenters. The van der Waals surface area contributed by atoms with Crippen molar-refractivity contribution in [2.75, 3.05) is 18.5 Å². The van der Waals surface area contributed by atoms with Gasteiger partial charge in [-0.2, -0.15) is 9.97 Å². The number of fused-ring (bicyclic) bond motifs is 1. The van der Waals surface area contributed by atoms with E-state index in [1.54, 1.807) is 0 Å². The summed E-state index contributed by atoms with van der Waals surface area (Å²) in [5.41, 5.74) is 2.83. The Morgan fingerprint density at radius 2 is 1.75 bits per heavy atom. The topological polar surface area (TPSA) is 83.8 Å². The van der Waals surface area contributed by atoms with Gasteiger partial charge in [-0.25, -0.2) is 9.97 Å². The van der Waals surface area contributed by atoms with Gasteiger partial charge in [-0.3, -0.25) is 0 Å². The average Bonchev–Trinajstić information content (AvgIpc) is 2.40. The van der Waals surface area contributed by atoms with Crippen LogP contribution in [-0.2, 0) is 0 Å². The third-order valence-corrected chi connectivity index (χ3v) is 3.21. The second-order valence-electron chi connectivity index (χ2n) is 4.62. The Kier molecular flexibility index (Phi) is 5.03. The molecule has 2 aromatic heterocycles. The molecule has 0 aliphatic rings. The van der Waals surface area contributed by atoms with E-state index in [0.29, 0.717) is 17.0 Å². The lowest BCUT2D eigenvalue weighted by atomic mass is 10.2. The van der Waals surface area contributed by atoms with Gasteiger partial charge in [0.05, 0.1) is 11.4 Å². The number of nitrogens with one attached hydrogen (secondary N) is 1. The number of hydrogen-bond acceptors (Lipinski definition) is 6. The molecule has 20 heavy (non-hydrogen) atoms. The molecule has 0 fully saturated rings. The zero-order valence-corrected chi connectivity index (χ0v) is 12.4. The lowest BCUT2D eigenvalue weighted by Gasteiger charge is -2.09. The summed E-state index contributed by atoms with van der Waals surface area (Å²) < 4.78 is 0. The fourth-order valence-electron chi connectivity index (χ4n) is 1.83. The number of rotatable bonds is 6. The molecule has 7 heteroatoms. The van der Waals surface area contributed by atoms with E-state index in [1.165, 1.54) is 0 Å². The Hall–Kier alpha value is -1.53. The van der Waals surface area contributed by atoms with Crippen LogP contribution < -0.4 is 5.32 Å². The summed E-state index contributed by atoms with van der Waals surface area (Å²) in [5, 5.41) is 12.1. The van der Waals surface area contributed by atoms with Crippen molar-refractivity contribution in [2.45, 2.75) is 33.1 Å². The van der Waals surface area contributed by atoms with Crippen LogP contribution in [0.25, 0.3) is 11.2 Å². The second-order valence-corrected chi connectivity index (χ2v) is 4.96. The van der Waals surface area contributed by atoms with Gasteiger partial charge in [0.25, 0.3) is 0 Å². The van der Waals surface area contributed by atoms with Crippen LogP contribution in [0.1, 0.15) is 30.7 Å². The molecule has 0 amide bonds. The summed E-state index contributed by atoms with van der Waals surface area (Å²) >= 11 is 5.92. The minimum Gasteiger partial charge on any atom is -0.396 e. The third kappa shape index (κ3) is 3.52. The van der Waals surface area contributed by atoms with Crippen LogP contribution in [0.4, 0.5) is 5.82 Å². The van der Waals surface area contributed by atoms with Crippen molar-refractivity contribution < 1.29 is 5.11 Å². The van der Waals surface area contributed by atoms with E-state index < -0.39 is 0 Å². The van der Waals surface area contributed by atoms with E-state index in [2.05, 4.69) is 25.3 Å². The highest BCUT2D eigenvalue weighted by molar-refractivity contribution is 6.28. The first kappa shape index (κ1) is 14.9. The zero-order valence-electron chi connectivity index (χ0n) is 11.6. The number of hydrogen-bond donors (Lipinski definition) is 2. The second kappa shape index (κ2) is 6.76. The first-order chi connectivity index (χ1) is 9.61. The maximum Gasteiger partial charge on any atom is 0.226 e. The molecule has 0 aliphatic heterocycles. The van der Waals surface area contributed by atoms with E-state index in [0.717, 1.165) is 37.2 Å². The fraction of sp³-hybridized carbons (Fsp3) is 0.538. The van der Waals surface area contributed by atoms with Crippen molar-refractivity contribution in [2.24, 2.45) is 0 Å². The quantitative estimate of drug-likeness (QED) is 0.628. The smallest absolute Gasteiger partial charge is 0.226 e. The van der Waals surface area contributed by atoms with Gasteiger partial charge in [-0.1, -0.05) is 0 Å². The average molecular weight is 296 g/mol. The summed E-state index contributed by atoms with van der Waals surface area (Å²) in [6.07, 6.45) is 2.72. The van der Waals surface area contributed by atoms with Crippen molar-refractivity contribution in [3.63, 3.8) is 0 Å². The van der Waals surface area contributed by atoms with Crippen molar-refractivity contribution in [1.29, 1.82) is 0 Å². The van der Waals surface area contributed by atoms with Crippen LogP contribution in [0.2, 0.25) is 5.28 Å². The monoisotopic (exact) mass is 295 g/mol. The van der Waals surface area contributed by atoms with E-state index in [1.807, 2.05) is 13.8 Å². The summed E-state index contributed by atoms with van der Waals surface area (Å²) in [6.45, 7) is 4.77. The molecular formula is C13H18ClN5O. The molecular weight excluding hydrogens is 278 g/mol. The SMILES string of the molecule is Cc1nc2nc(Cl)nc(NCCCCCO)c2nc1C. The van der Waals surface area contributed by atoms with E-state index in [4.69, 9.17) is 16.7 Å². The molecule has 2 N–H and O–H groups in total. The molecule has 0 saturated carbocycles. The van der Waals surface area contributed by atoms with Crippen molar-refractivity contribution in [1.82, 2.24) is 19.9 Å². The maximum atomic E-state index is 8.74. The fourth-order valence-corrected chi connectivity index (χ4v) is 1.99. The van der Waals surface area contributed by atoms with Gasteiger partial charge in [0.2, 0.25) is 5.28 Å². The van der Waals surface area contributed by atoms with Crippen LogP contribution >= 0.6 is 11.6 Å². The predicted molar refractivity (Wildman–Crippen MR) is 79.0 cm³/mol. The molecule has 0 spiro atoms. The van der Waals surface area contributed by atoms with Crippen LogP contribution in [0.5, 0.6) is 0 Å². The zero-order chi connectivity index (χ0) is 14.5. The van der Waals surface area contributed by atoms with E-state index >= 15 is 0 Å². The number of nitrogens with zero attached hydrogens (tertiary/aromatic N) is 4. The Morgan fingerprint density at radius 1 is 1.00 bits per heavy atom. The van der Waals surface area contributed by atoms with Crippen LogP contribution in [0.3, 0.4) is 0 Å². The highest BCUT2D eigenvalue weighted by Crippen LogP contribution is 2.20. The largest absolute Gasteiger partial charge is 0.396 e. The normalized spacial score (nSPS) is 11.0. The Morgan fingerprint density at radius 3 is 2.50 bits per heavy atom. The number of unbranched alkanes of at least 4 members (excludes halogenated alkanes) is 2. The summed E-state index contributed by atoms with van der Waals surface area (Å²) in [4.78, 5) is 17.2. The first-order valence-electron chi connectivity index (χ1n) is 6.65. The number of aliphatic hydroxyl groups excluding tert-OH is 1. The highest BCUT2D eigenvalue weighted by Gasteiger charge is 2.10. The van der Waals surface area contributed by atoms with Gasteiger partial charge in [0.15, 0.2) is 17.0 Å². The van der Waals surface area contributed by atoms with Crippen LogP contribution in [0, 0.1) is 13.8 Å². The molecule has 0 bridgehead atoms. The van der Waals surface area contributed by atoms with Gasteiger partial charge in [-0.05, 0) is 44.7 Å². The van der Waals surface area contributed by atoms with Crippen LogP contribution in [-0.4, -0.2) is 38.2 Å². The standard InChI is InChI=1S/C13H18ClN5O/c1-8-9(2)17-12-10(16-8)11(18-13(14)19-12)15-6-4-3-5-7-20/h20H,3-7H2,1-2H3,(H,15,17,18,19). The van der Waals surface area contributed by atoms with Gasteiger partial charge in [-0.15, -0.1) is 0 Å². The van der Waals surface area contributed by atoms with Crippen molar-refractivity contribution >= 4 is 28.6 Å². The number of anilines is 1. The molecule has 0 saturated heterocycles. The number of aryl methyl sites for hydroxylation is 2. The van der Waals surface area contributed by atoms with Crippen molar-refractivity contribution in [3.8, 4) is 0 Å². The molecule has 0 aromatic carbocycles. The molecule has 0 radical (unpaired) electrons. The Labute approximate surface area is 122 Å². The lowest BCUT2D eigenvalue weighted by molar-refractivity contribution is 0.283. The third-order valence-electron chi connectivity index (χ3n) is 3.04. The number of halogens is 1. The van der Waals surface area contributed by atoms with Gasteiger partial charge in [0.1, 0.15) is 0 Å². The predicted octanol–water partition coefficient (Wildman–Crippen LogP) is 2.26. The number of aliphatic hydroxyl groups is 1. The molecule has 2 rings (SSSR count). The van der Waals surface area contributed by atoms with E-state index in [-0.39, 0.29) is 11.9 Å². The highest BCUT2D eigenvalue weighted by atomic mass is 35.5. The molecule has 2 heterocycles. The van der Waals surface area contributed by atoms with Crippen molar-refractivity contribution in [3.05, 3.63) is 16.7 Å². The lowest BCUT2D eigenvalue weighted by Crippen LogP contribution is -2.07. The molecule has 2 aromatic rings.